The lowest BCUT2D eigenvalue weighted by Gasteiger charge is -2.62. The van der Waals surface area contributed by atoms with Gasteiger partial charge in [0.25, 0.3) is 0 Å². The maximum Gasteiger partial charge on any atom is 0.247 e. The summed E-state index contributed by atoms with van der Waals surface area (Å²) in [6, 6.07) is 15.9. The number of nitrogens with one attached hydrogen (secondary N) is 1. The zero-order valence-corrected chi connectivity index (χ0v) is 22.6. The van der Waals surface area contributed by atoms with E-state index in [1.54, 1.807) is 6.08 Å². The smallest absolute Gasteiger partial charge is 0.247 e. The van der Waals surface area contributed by atoms with Crippen LogP contribution < -0.4 is 10.2 Å². The van der Waals surface area contributed by atoms with Crippen LogP contribution in [0, 0.1) is 0 Å². The van der Waals surface area contributed by atoms with E-state index in [1.165, 1.54) is 28.1 Å². The second-order valence-corrected chi connectivity index (χ2v) is 12.5. The van der Waals surface area contributed by atoms with Gasteiger partial charge in [0.05, 0.1) is 23.2 Å². The number of likely N-dealkylation sites (tertiary alicyclic amines) is 1. The highest BCUT2D eigenvalue weighted by Crippen LogP contribution is 2.72. The summed E-state index contributed by atoms with van der Waals surface area (Å²) < 4.78 is 6.43. The SMILES string of the molecule is CC=CC=CC(=O)N1CC[C@]23c4ccccc4N[C@H]4N(C)c5cccc6c5[C@@]42CCN([C@H]6[C@@H]2OC2(C)C)[C@H]13. The number of anilines is 2. The Morgan fingerprint density at radius 3 is 2.63 bits per heavy atom. The number of nitrogens with zero attached hydrogens (tertiary/aromatic N) is 3. The minimum atomic E-state index is -0.217. The molecule has 0 aliphatic carbocycles. The Morgan fingerprint density at radius 2 is 1.84 bits per heavy atom. The lowest BCUT2D eigenvalue weighted by Crippen LogP contribution is -2.73. The molecule has 1 amide bonds. The molecule has 7 atom stereocenters. The number of allylic oxidation sites excluding steroid dienone is 3. The third-order valence-corrected chi connectivity index (χ3v) is 10.7. The summed E-state index contributed by atoms with van der Waals surface area (Å²) in [6.07, 6.45) is 9.76. The summed E-state index contributed by atoms with van der Waals surface area (Å²) in [4.78, 5) is 21.3. The molecular formula is C32H36N4O2. The second-order valence-electron chi connectivity index (χ2n) is 12.5. The number of epoxide rings is 1. The molecule has 6 heteroatoms. The van der Waals surface area contributed by atoms with E-state index in [0.29, 0.717) is 0 Å². The van der Waals surface area contributed by atoms with Gasteiger partial charge < -0.3 is 19.9 Å². The van der Waals surface area contributed by atoms with Crippen molar-refractivity contribution in [3.05, 3.63) is 83.5 Å². The van der Waals surface area contributed by atoms with Crippen LogP contribution in [0.2, 0.25) is 0 Å². The van der Waals surface area contributed by atoms with Crippen molar-refractivity contribution in [1.29, 1.82) is 0 Å². The zero-order chi connectivity index (χ0) is 26.0. The third kappa shape index (κ3) is 2.45. The molecule has 3 fully saturated rings. The Labute approximate surface area is 224 Å². The molecular weight excluding hydrogens is 472 g/mol. The van der Waals surface area contributed by atoms with Gasteiger partial charge in [-0.2, -0.15) is 0 Å². The average molecular weight is 509 g/mol. The first-order valence-electron chi connectivity index (χ1n) is 14.1. The standard InChI is InChI=1S/C32H36N4O2/c1-5-6-7-15-24(37)35-18-16-31-21-12-8-9-13-22(21)33-28-32(31)17-19-36(29(31)35)26(27-30(2,3)38-27)20-11-10-14-23(25(20)32)34(28)4/h5-15,26-29,33H,16-19H2,1-4H3/t26-,27+,28+,29+,31-,32+/m1/s1. The van der Waals surface area contributed by atoms with Crippen LogP contribution in [-0.4, -0.2) is 59.9 Å². The molecule has 196 valence electrons. The summed E-state index contributed by atoms with van der Waals surface area (Å²) >= 11 is 0. The van der Waals surface area contributed by atoms with Crippen molar-refractivity contribution < 1.29 is 9.53 Å². The van der Waals surface area contributed by atoms with E-state index in [0.717, 1.165) is 25.9 Å². The summed E-state index contributed by atoms with van der Waals surface area (Å²) in [5.74, 6) is 0.104. The lowest BCUT2D eigenvalue weighted by atomic mass is 9.50. The molecule has 1 unspecified atom stereocenters. The van der Waals surface area contributed by atoms with Crippen molar-refractivity contribution in [3.8, 4) is 0 Å². The van der Waals surface area contributed by atoms with Gasteiger partial charge in [-0.3, -0.25) is 9.69 Å². The fourth-order valence-electron chi connectivity index (χ4n) is 9.30. The van der Waals surface area contributed by atoms with E-state index >= 15 is 0 Å². The minimum Gasteiger partial charge on any atom is -0.365 e. The average Bonchev–Trinajstić information content (AvgIpc) is 3.31. The van der Waals surface area contributed by atoms with E-state index in [1.807, 2.05) is 25.2 Å². The third-order valence-electron chi connectivity index (χ3n) is 10.7. The maximum absolute atomic E-state index is 13.9. The molecule has 38 heavy (non-hydrogen) atoms. The van der Waals surface area contributed by atoms with Gasteiger partial charge in [-0.25, -0.2) is 0 Å². The largest absolute Gasteiger partial charge is 0.365 e. The van der Waals surface area contributed by atoms with Crippen LogP contribution in [0.3, 0.4) is 0 Å². The van der Waals surface area contributed by atoms with Gasteiger partial charge in [-0.05, 0) is 62.4 Å². The molecule has 0 radical (unpaired) electrons. The number of rotatable bonds is 3. The van der Waals surface area contributed by atoms with Crippen molar-refractivity contribution in [1.82, 2.24) is 9.80 Å². The number of likely N-dealkylation sites (N-methyl/N-ethyl adjacent to an activating group) is 1. The number of carbonyl (C=O) groups is 1. The van der Waals surface area contributed by atoms with E-state index in [-0.39, 0.29) is 46.8 Å². The van der Waals surface area contributed by atoms with Crippen molar-refractivity contribution >= 4 is 17.3 Å². The van der Waals surface area contributed by atoms with Crippen molar-refractivity contribution in [2.24, 2.45) is 0 Å². The molecule has 3 saturated heterocycles. The molecule has 0 saturated carbocycles. The maximum atomic E-state index is 13.9. The predicted octanol–water partition coefficient (Wildman–Crippen LogP) is 4.69. The van der Waals surface area contributed by atoms with E-state index in [9.17, 15) is 4.79 Å². The van der Waals surface area contributed by atoms with Crippen LogP contribution in [0.5, 0.6) is 0 Å². The Kier molecular flexibility index (Phi) is 4.39. The number of carbonyl (C=O) groups excluding carboxylic acids is 1. The number of piperidine rings is 1. The van der Waals surface area contributed by atoms with Gasteiger partial charge in [-0.1, -0.05) is 48.6 Å². The molecule has 2 aromatic carbocycles. The lowest BCUT2D eigenvalue weighted by molar-refractivity contribution is -0.137. The van der Waals surface area contributed by atoms with Crippen molar-refractivity contribution in [2.45, 2.75) is 74.5 Å². The Balaban J connectivity index is 1.44. The number of hydrogen-bond donors (Lipinski definition) is 1. The van der Waals surface area contributed by atoms with Crippen LogP contribution in [0.1, 0.15) is 56.3 Å². The predicted molar refractivity (Wildman–Crippen MR) is 149 cm³/mol. The molecule has 6 aliphatic rings. The Hall–Kier alpha value is -3.09. The van der Waals surface area contributed by atoms with E-state index in [2.05, 4.69) is 83.4 Å². The van der Waals surface area contributed by atoms with Crippen LogP contribution in [0.15, 0.2) is 66.8 Å². The van der Waals surface area contributed by atoms with Gasteiger partial charge in [-0.15, -0.1) is 0 Å². The Bertz CT molecular complexity index is 1430. The number of para-hydroxylation sites is 1. The molecule has 6 aliphatic heterocycles. The highest BCUT2D eigenvalue weighted by Gasteiger charge is 2.77. The van der Waals surface area contributed by atoms with Gasteiger partial charge in [0.2, 0.25) is 5.91 Å². The fourth-order valence-corrected chi connectivity index (χ4v) is 9.30. The van der Waals surface area contributed by atoms with Crippen LogP contribution >= 0.6 is 0 Å². The molecule has 2 bridgehead atoms. The highest BCUT2D eigenvalue weighted by molar-refractivity contribution is 5.89. The fraction of sp³-hybridized carbons (Fsp3) is 0.469. The quantitative estimate of drug-likeness (QED) is 0.370. The molecule has 1 N–H and O–H groups in total. The molecule has 6 nitrogen and oxygen atoms in total. The Morgan fingerprint density at radius 1 is 1.05 bits per heavy atom. The molecule has 8 rings (SSSR count). The summed E-state index contributed by atoms with van der Waals surface area (Å²) in [6.45, 7) is 8.10. The van der Waals surface area contributed by atoms with Gasteiger partial charge in [0.15, 0.2) is 0 Å². The molecule has 0 aromatic heterocycles. The van der Waals surface area contributed by atoms with Crippen molar-refractivity contribution in [2.75, 3.05) is 30.4 Å². The summed E-state index contributed by atoms with van der Waals surface area (Å²) in [5.41, 5.74) is 6.27. The molecule has 2 aromatic rings. The summed E-state index contributed by atoms with van der Waals surface area (Å²) in [5, 5.41) is 4.01. The number of ether oxygens (including phenoxy) is 1. The number of fused-ring (bicyclic) bond motifs is 1. The van der Waals surface area contributed by atoms with Gasteiger partial charge in [0.1, 0.15) is 12.3 Å². The van der Waals surface area contributed by atoms with Crippen LogP contribution in [-0.2, 0) is 20.4 Å². The van der Waals surface area contributed by atoms with Crippen LogP contribution in [0.25, 0.3) is 0 Å². The second kappa shape index (κ2) is 7.30. The van der Waals surface area contributed by atoms with E-state index < -0.39 is 0 Å². The monoisotopic (exact) mass is 508 g/mol. The zero-order valence-electron chi connectivity index (χ0n) is 22.6. The minimum absolute atomic E-state index is 0.0403. The highest BCUT2D eigenvalue weighted by atomic mass is 16.6. The number of amides is 1. The first-order valence-corrected chi connectivity index (χ1v) is 14.1. The normalized spacial score (nSPS) is 38.7. The molecule has 2 spiro atoms. The summed E-state index contributed by atoms with van der Waals surface area (Å²) in [7, 11) is 2.25. The van der Waals surface area contributed by atoms with Crippen molar-refractivity contribution in [3.63, 3.8) is 0 Å². The number of hydrogen-bond acceptors (Lipinski definition) is 5. The topological polar surface area (TPSA) is 51.4 Å². The van der Waals surface area contributed by atoms with E-state index in [4.69, 9.17) is 4.74 Å². The first-order chi connectivity index (χ1) is 18.4. The van der Waals surface area contributed by atoms with Gasteiger partial charge in [0, 0.05) is 43.0 Å². The van der Waals surface area contributed by atoms with Crippen LogP contribution in [0.4, 0.5) is 11.4 Å². The van der Waals surface area contributed by atoms with Gasteiger partial charge >= 0.3 is 0 Å². The molecule has 6 heterocycles. The number of benzene rings is 2. The first kappa shape index (κ1) is 22.9.